The maximum atomic E-state index is 13.6. The Morgan fingerprint density at radius 1 is 1.03 bits per heavy atom. The number of nitrogens with zero attached hydrogens (tertiary/aromatic N) is 2. The van der Waals surface area contributed by atoms with Crippen molar-refractivity contribution >= 4 is 5.91 Å². The molecular formula is C21H17F4N3O. The summed E-state index contributed by atoms with van der Waals surface area (Å²) < 4.78 is 55.5. The Morgan fingerprint density at radius 2 is 1.72 bits per heavy atom. The highest BCUT2D eigenvalue weighted by Gasteiger charge is 2.42. The monoisotopic (exact) mass is 403 g/mol. The molecule has 1 amide bonds. The van der Waals surface area contributed by atoms with E-state index in [2.05, 4.69) is 10.4 Å². The van der Waals surface area contributed by atoms with E-state index in [1.165, 1.54) is 53.2 Å². The molecule has 0 saturated carbocycles. The second-order valence-corrected chi connectivity index (χ2v) is 6.87. The summed E-state index contributed by atoms with van der Waals surface area (Å²) in [6.45, 7) is 0. The number of hydrogen-bond donors (Lipinski definition) is 1. The molecule has 0 aliphatic heterocycles. The van der Waals surface area contributed by atoms with Crippen LogP contribution in [-0.2, 0) is 12.8 Å². The van der Waals surface area contributed by atoms with E-state index in [1.807, 2.05) is 0 Å². The summed E-state index contributed by atoms with van der Waals surface area (Å²) in [6.07, 6.45) is -2.68. The fourth-order valence-corrected chi connectivity index (χ4v) is 3.61. The quantitative estimate of drug-likeness (QED) is 0.651. The lowest BCUT2D eigenvalue weighted by Crippen LogP contribution is -2.38. The van der Waals surface area contributed by atoms with Gasteiger partial charge in [-0.25, -0.2) is 9.07 Å². The lowest BCUT2D eigenvalue weighted by Gasteiger charge is -2.21. The van der Waals surface area contributed by atoms with Crippen molar-refractivity contribution in [3.05, 3.63) is 82.9 Å². The fraction of sp³-hybridized carbons (Fsp3) is 0.238. The highest BCUT2D eigenvalue weighted by atomic mass is 19.4. The van der Waals surface area contributed by atoms with Crippen LogP contribution in [0.25, 0.3) is 5.69 Å². The smallest absolute Gasteiger partial charge is 0.335 e. The number of carbonyl (C=O) groups is 1. The molecule has 0 spiro atoms. The van der Waals surface area contributed by atoms with E-state index < -0.39 is 23.9 Å². The molecule has 0 bridgehead atoms. The fourth-order valence-electron chi connectivity index (χ4n) is 3.61. The largest absolute Gasteiger partial charge is 0.412 e. The van der Waals surface area contributed by atoms with Gasteiger partial charge >= 0.3 is 6.18 Å². The van der Waals surface area contributed by atoms with Gasteiger partial charge in [0.05, 0.1) is 5.69 Å². The number of nitrogens with one attached hydrogen (secondary N) is 1. The molecule has 1 atom stereocenters. The zero-order valence-corrected chi connectivity index (χ0v) is 15.2. The van der Waals surface area contributed by atoms with Crippen LogP contribution < -0.4 is 5.32 Å². The van der Waals surface area contributed by atoms with Crippen LogP contribution >= 0.6 is 0 Å². The van der Waals surface area contributed by atoms with Crippen LogP contribution in [0.3, 0.4) is 0 Å². The molecule has 2 aromatic carbocycles. The summed E-state index contributed by atoms with van der Waals surface area (Å²) in [6, 6.07) is 10.7. The highest BCUT2D eigenvalue weighted by molar-refractivity contribution is 5.94. The third kappa shape index (κ3) is 3.74. The lowest BCUT2D eigenvalue weighted by molar-refractivity contribution is -0.155. The maximum absolute atomic E-state index is 13.6. The lowest BCUT2D eigenvalue weighted by atomic mass is 10.1. The third-order valence-corrected chi connectivity index (χ3v) is 4.95. The Balaban J connectivity index is 1.68. The number of halogens is 4. The Hall–Kier alpha value is -3.16. The molecule has 0 saturated heterocycles. The van der Waals surface area contributed by atoms with Gasteiger partial charge in [-0.1, -0.05) is 30.3 Å². The van der Waals surface area contributed by atoms with Gasteiger partial charge in [0.2, 0.25) is 0 Å². The molecule has 150 valence electrons. The van der Waals surface area contributed by atoms with Crippen LogP contribution in [0, 0.1) is 5.82 Å². The van der Waals surface area contributed by atoms with E-state index in [0.29, 0.717) is 24.1 Å². The van der Waals surface area contributed by atoms with Gasteiger partial charge in [0.1, 0.15) is 5.82 Å². The summed E-state index contributed by atoms with van der Waals surface area (Å²) in [5.41, 5.74) is 1.89. The van der Waals surface area contributed by atoms with Crippen LogP contribution in [0.15, 0.2) is 54.6 Å². The van der Waals surface area contributed by atoms with Crippen LogP contribution in [-0.4, -0.2) is 21.9 Å². The average molecular weight is 403 g/mol. The predicted molar refractivity (Wildman–Crippen MR) is 98.3 cm³/mol. The summed E-state index contributed by atoms with van der Waals surface area (Å²) in [5.74, 6) is -1.29. The minimum Gasteiger partial charge on any atom is -0.335 e. The molecule has 1 unspecified atom stereocenters. The molecule has 1 aliphatic carbocycles. The molecular weight excluding hydrogens is 386 g/mol. The second kappa shape index (κ2) is 7.35. The molecule has 0 radical (unpaired) electrons. The van der Waals surface area contributed by atoms with Crippen LogP contribution in [0.2, 0.25) is 0 Å². The van der Waals surface area contributed by atoms with Crippen molar-refractivity contribution in [1.82, 2.24) is 15.1 Å². The topological polar surface area (TPSA) is 46.9 Å². The van der Waals surface area contributed by atoms with Gasteiger partial charge in [0, 0.05) is 11.3 Å². The number of amides is 1. The minimum absolute atomic E-state index is 0.0213. The van der Waals surface area contributed by atoms with Gasteiger partial charge in [-0.15, -0.1) is 0 Å². The normalized spacial score (nSPS) is 14.5. The summed E-state index contributed by atoms with van der Waals surface area (Å²) in [4.78, 5) is 12.8. The number of alkyl halides is 3. The standard InChI is InChI=1S/C21H17F4N3O/c22-14-9-11-15(12-10-14)28-17-8-4-7-16(17)18(27-28)20(29)26-19(21(23,24)25)13-5-2-1-3-6-13/h1-3,5-6,9-12,19H,4,7-8H2,(H,26,29). The molecule has 1 aliphatic rings. The number of aromatic nitrogens is 2. The first kappa shape index (κ1) is 19.2. The maximum Gasteiger partial charge on any atom is 0.412 e. The number of carbonyl (C=O) groups excluding carboxylic acids is 1. The van der Waals surface area contributed by atoms with Gasteiger partial charge < -0.3 is 5.32 Å². The van der Waals surface area contributed by atoms with E-state index in [4.69, 9.17) is 0 Å². The number of fused-ring (bicyclic) bond motifs is 1. The van der Waals surface area contributed by atoms with Crippen LogP contribution in [0.1, 0.15) is 39.8 Å². The zero-order valence-electron chi connectivity index (χ0n) is 15.2. The van der Waals surface area contributed by atoms with Crippen LogP contribution in [0.5, 0.6) is 0 Å². The summed E-state index contributed by atoms with van der Waals surface area (Å²) >= 11 is 0. The molecule has 0 fully saturated rings. The number of benzene rings is 2. The molecule has 1 N–H and O–H groups in total. The van der Waals surface area contributed by atoms with Crippen molar-refractivity contribution < 1.29 is 22.4 Å². The Kier molecular flexibility index (Phi) is 4.86. The van der Waals surface area contributed by atoms with E-state index in [-0.39, 0.29) is 11.3 Å². The van der Waals surface area contributed by atoms with Crippen molar-refractivity contribution in [3.63, 3.8) is 0 Å². The molecule has 4 rings (SSSR count). The molecule has 4 nitrogen and oxygen atoms in total. The minimum atomic E-state index is -4.65. The Morgan fingerprint density at radius 3 is 2.38 bits per heavy atom. The van der Waals surface area contributed by atoms with E-state index >= 15 is 0 Å². The molecule has 1 aromatic heterocycles. The second-order valence-electron chi connectivity index (χ2n) is 6.87. The summed E-state index contributed by atoms with van der Waals surface area (Å²) in [5, 5.41) is 6.37. The highest BCUT2D eigenvalue weighted by Crippen LogP contribution is 2.34. The van der Waals surface area contributed by atoms with Crippen molar-refractivity contribution in [2.75, 3.05) is 0 Å². The Bertz CT molecular complexity index is 1030. The Labute approximate surface area is 164 Å². The van der Waals surface area contributed by atoms with Crippen molar-refractivity contribution in [2.45, 2.75) is 31.5 Å². The number of hydrogen-bond acceptors (Lipinski definition) is 2. The van der Waals surface area contributed by atoms with Gasteiger partial charge in [0.25, 0.3) is 5.91 Å². The first-order valence-corrected chi connectivity index (χ1v) is 9.14. The van der Waals surface area contributed by atoms with Crippen LogP contribution in [0.4, 0.5) is 17.6 Å². The SMILES string of the molecule is O=C(NC(c1ccccc1)C(F)(F)F)c1nn(-c2ccc(F)cc2)c2c1CCC2. The van der Waals surface area contributed by atoms with Gasteiger partial charge in [-0.3, -0.25) is 4.79 Å². The van der Waals surface area contributed by atoms with E-state index in [9.17, 15) is 22.4 Å². The summed E-state index contributed by atoms with van der Waals surface area (Å²) in [7, 11) is 0. The average Bonchev–Trinajstić information content (AvgIpc) is 3.29. The van der Waals surface area contributed by atoms with Gasteiger partial charge in [0.15, 0.2) is 11.7 Å². The molecule has 8 heteroatoms. The third-order valence-electron chi connectivity index (χ3n) is 4.95. The van der Waals surface area contributed by atoms with Crippen molar-refractivity contribution in [2.24, 2.45) is 0 Å². The first-order chi connectivity index (χ1) is 13.8. The predicted octanol–water partition coefficient (Wildman–Crippen LogP) is 4.53. The van der Waals surface area contributed by atoms with E-state index in [1.54, 1.807) is 6.07 Å². The first-order valence-electron chi connectivity index (χ1n) is 9.14. The van der Waals surface area contributed by atoms with Crippen molar-refractivity contribution in [1.29, 1.82) is 0 Å². The van der Waals surface area contributed by atoms with Gasteiger partial charge in [-0.2, -0.15) is 18.3 Å². The van der Waals surface area contributed by atoms with Crippen molar-refractivity contribution in [3.8, 4) is 5.69 Å². The molecule has 29 heavy (non-hydrogen) atoms. The van der Waals surface area contributed by atoms with Gasteiger partial charge in [-0.05, 0) is 49.1 Å². The molecule has 3 aromatic rings. The number of rotatable bonds is 4. The van der Waals surface area contributed by atoms with E-state index in [0.717, 1.165) is 12.1 Å². The molecule has 1 heterocycles. The zero-order chi connectivity index (χ0) is 20.6.